The summed E-state index contributed by atoms with van der Waals surface area (Å²) in [4.78, 5) is 16.2. The second kappa shape index (κ2) is 7.75. The van der Waals surface area contributed by atoms with Gasteiger partial charge in [-0.15, -0.1) is 0 Å². The van der Waals surface area contributed by atoms with E-state index >= 15 is 0 Å². The number of ether oxygens (including phenoxy) is 2. The van der Waals surface area contributed by atoms with Crippen LogP contribution in [0.1, 0.15) is 84.0 Å². The van der Waals surface area contributed by atoms with Crippen LogP contribution in [0.15, 0.2) is 0 Å². The minimum absolute atomic E-state index is 0.164. The van der Waals surface area contributed by atoms with Gasteiger partial charge < -0.3 is 14.6 Å². The van der Waals surface area contributed by atoms with E-state index in [1.807, 2.05) is 0 Å². The first-order valence-corrected chi connectivity index (χ1v) is 14.3. The van der Waals surface area contributed by atoms with Crippen LogP contribution >= 0.6 is 0 Å². The Balaban J connectivity index is 1.30. The van der Waals surface area contributed by atoms with Crippen molar-refractivity contribution in [3.63, 3.8) is 0 Å². The van der Waals surface area contributed by atoms with Crippen LogP contribution in [0.3, 0.4) is 0 Å². The molecule has 0 aromatic heterocycles. The molecule has 1 N–H and O–H groups in total. The SMILES string of the molecule is CC1CCCCC1CO[C@]12CCC(=O)[C@@H]3OC4C(O)CCC5CC1N(CC1CC1)CC[C@]32C54. The lowest BCUT2D eigenvalue weighted by molar-refractivity contribution is -0.277. The van der Waals surface area contributed by atoms with Crippen molar-refractivity contribution in [1.29, 1.82) is 0 Å². The standard InChI is InChI=1S/C28H43NO4/c1-17-4-2-3-5-20(17)16-32-28-11-10-22(31)26-27(28)12-13-29(15-18-6-7-18)23(28)14-19-8-9-21(30)25(33-26)24(19)27/h17-21,23-26,30H,2-16H2,1H3/t17?,19?,20?,21?,23?,24?,25?,26-,27-,28+/m0/s1. The fraction of sp³-hybridized carbons (Fsp3) is 0.964. The highest BCUT2D eigenvalue weighted by Crippen LogP contribution is 2.70. The van der Waals surface area contributed by atoms with Crippen LogP contribution in [-0.4, -0.2) is 65.4 Å². The first kappa shape index (κ1) is 21.8. The zero-order valence-electron chi connectivity index (χ0n) is 20.4. The van der Waals surface area contributed by atoms with Gasteiger partial charge in [-0.3, -0.25) is 9.69 Å². The Hall–Kier alpha value is -0.490. The number of nitrogens with zero attached hydrogens (tertiary/aromatic N) is 1. The maximum Gasteiger partial charge on any atom is 0.162 e. The number of likely N-dealkylation sites (tertiary alicyclic amines) is 1. The number of rotatable bonds is 5. The van der Waals surface area contributed by atoms with Crippen molar-refractivity contribution in [3.8, 4) is 0 Å². The molecule has 2 bridgehead atoms. The molecular formula is C28H43NO4. The highest BCUT2D eigenvalue weighted by atomic mass is 16.5. The molecule has 0 amide bonds. The molecule has 7 fully saturated rings. The summed E-state index contributed by atoms with van der Waals surface area (Å²) < 4.78 is 14.0. The Bertz CT molecular complexity index is 799. The van der Waals surface area contributed by atoms with E-state index in [1.54, 1.807) is 0 Å². The molecule has 33 heavy (non-hydrogen) atoms. The number of ketones is 1. The monoisotopic (exact) mass is 457 g/mol. The molecule has 5 aliphatic carbocycles. The molecule has 184 valence electrons. The molecule has 7 aliphatic rings. The van der Waals surface area contributed by atoms with Crippen LogP contribution < -0.4 is 0 Å². The van der Waals surface area contributed by atoms with Crippen molar-refractivity contribution in [2.75, 3.05) is 19.7 Å². The molecule has 5 heteroatoms. The minimum atomic E-state index is -0.420. The van der Waals surface area contributed by atoms with E-state index in [9.17, 15) is 9.90 Å². The van der Waals surface area contributed by atoms with Gasteiger partial charge in [0.2, 0.25) is 0 Å². The van der Waals surface area contributed by atoms with Gasteiger partial charge in [0.05, 0.1) is 24.4 Å². The summed E-state index contributed by atoms with van der Waals surface area (Å²) in [6.45, 7) is 5.56. The van der Waals surface area contributed by atoms with E-state index in [1.165, 1.54) is 51.5 Å². The highest BCUT2D eigenvalue weighted by molar-refractivity contribution is 5.86. The van der Waals surface area contributed by atoms with Gasteiger partial charge in [-0.1, -0.05) is 26.2 Å². The normalized spacial score (nSPS) is 53.7. The molecule has 10 atom stereocenters. The molecule has 2 aliphatic heterocycles. The van der Waals surface area contributed by atoms with Crippen molar-refractivity contribution < 1.29 is 19.4 Å². The zero-order chi connectivity index (χ0) is 22.4. The van der Waals surface area contributed by atoms with Crippen molar-refractivity contribution in [2.45, 2.75) is 114 Å². The average molecular weight is 458 g/mol. The van der Waals surface area contributed by atoms with E-state index in [0.717, 1.165) is 50.7 Å². The molecule has 1 spiro atoms. The third-order valence-corrected chi connectivity index (χ3v) is 11.6. The average Bonchev–Trinajstić information content (AvgIpc) is 3.55. The largest absolute Gasteiger partial charge is 0.390 e. The number of hydrogen-bond donors (Lipinski definition) is 1. The smallest absolute Gasteiger partial charge is 0.162 e. The summed E-state index contributed by atoms with van der Waals surface area (Å²) >= 11 is 0. The fourth-order valence-corrected chi connectivity index (χ4v) is 9.82. The molecule has 0 radical (unpaired) electrons. The molecule has 5 saturated carbocycles. The van der Waals surface area contributed by atoms with Gasteiger partial charge in [-0.2, -0.15) is 0 Å². The first-order valence-electron chi connectivity index (χ1n) is 14.3. The number of Topliss-reactive ketones (excluding diaryl/α,β-unsaturated/α-hetero) is 1. The predicted octanol–water partition coefficient (Wildman–Crippen LogP) is 3.96. The molecular weight excluding hydrogens is 414 g/mol. The maximum absolute atomic E-state index is 13.4. The summed E-state index contributed by atoms with van der Waals surface area (Å²) in [6.07, 6.45) is 12.7. The Labute approximate surface area is 198 Å². The molecule has 0 aromatic rings. The van der Waals surface area contributed by atoms with Gasteiger partial charge in [-0.25, -0.2) is 0 Å². The van der Waals surface area contributed by atoms with E-state index in [-0.39, 0.29) is 29.0 Å². The van der Waals surface area contributed by atoms with Gasteiger partial charge in [0.1, 0.15) is 6.10 Å². The summed E-state index contributed by atoms with van der Waals surface area (Å²) in [5, 5.41) is 11.0. The minimum Gasteiger partial charge on any atom is -0.390 e. The molecule has 7 unspecified atom stereocenters. The van der Waals surface area contributed by atoms with Crippen molar-refractivity contribution in [3.05, 3.63) is 0 Å². The summed E-state index contributed by atoms with van der Waals surface area (Å²) in [7, 11) is 0. The van der Waals surface area contributed by atoms with Gasteiger partial charge in [0, 0.05) is 30.3 Å². The Morgan fingerprint density at radius 2 is 1.97 bits per heavy atom. The Morgan fingerprint density at radius 1 is 1.12 bits per heavy atom. The third kappa shape index (κ3) is 3.01. The van der Waals surface area contributed by atoms with Gasteiger partial charge in [-0.05, 0) is 81.6 Å². The van der Waals surface area contributed by atoms with Crippen LogP contribution in [0.4, 0.5) is 0 Å². The second-order valence-electron chi connectivity index (χ2n) is 13.1. The molecule has 2 heterocycles. The van der Waals surface area contributed by atoms with E-state index in [0.29, 0.717) is 30.2 Å². The van der Waals surface area contributed by atoms with Crippen LogP contribution in [0.2, 0.25) is 0 Å². The fourth-order valence-electron chi connectivity index (χ4n) is 9.82. The number of carbonyl (C=O) groups is 1. The Kier molecular flexibility index (Phi) is 5.11. The number of aliphatic hydroxyl groups excluding tert-OH is 1. The first-order chi connectivity index (χ1) is 16.0. The maximum atomic E-state index is 13.4. The van der Waals surface area contributed by atoms with Crippen LogP contribution in [0.25, 0.3) is 0 Å². The molecule has 5 nitrogen and oxygen atoms in total. The zero-order valence-corrected chi connectivity index (χ0v) is 20.4. The van der Waals surface area contributed by atoms with Crippen molar-refractivity contribution in [1.82, 2.24) is 4.90 Å². The van der Waals surface area contributed by atoms with Crippen molar-refractivity contribution >= 4 is 5.78 Å². The quantitative estimate of drug-likeness (QED) is 0.677. The van der Waals surface area contributed by atoms with E-state index < -0.39 is 6.10 Å². The Morgan fingerprint density at radius 3 is 2.79 bits per heavy atom. The third-order valence-electron chi connectivity index (χ3n) is 11.6. The highest BCUT2D eigenvalue weighted by Gasteiger charge is 2.78. The lowest BCUT2D eigenvalue weighted by Crippen LogP contribution is -2.78. The van der Waals surface area contributed by atoms with Crippen LogP contribution in [0.5, 0.6) is 0 Å². The van der Waals surface area contributed by atoms with Gasteiger partial charge in [0.15, 0.2) is 5.78 Å². The van der Waals surface area contributed by atoms with E-state index in [2.05, 4.69) is 11.8 Å². The molecule has 0 aromatic carbocycles. The summed E-state index contributed by atoms with van der Waals surface area (Å²) in [6, 6.07) is 0.417. The molecule has 7 rings (SSSR count). The summed E-state index contributed by atoms with van der Waals surface area (Å²) in [5.74, 6) is 3.39. The van der Waals surface area contributed by atoms with Crippen LogP contribution in [-0.2, 0) is 14.3 Å². The van der Waals surface area contributed by atoms with Gasteiger partial charge in [0.25, 0.3) is 0 Å². The lowest BCUT2D eigenvalue weighted by Gasteiger charge is -2.69. The topological polar surface area (TPSA) is 59.0 Å². The predicted molar refractivity (Wildman–Crippen MR) is 125 cm³/mol. The van der Waals surface area contributed by atoms with Crippen molar-refractivity contribution in [2.24, 2.45) is 35.0 Å². The lowest BCUT2D eigenvalue weighted by atomic mass is 9.42. The number of piperidine rings is 1. The van der Waals surface area contributed by atoms with E-state index in [4.69, 9.17) is 9.47 Å². The van der Waals surface area contributed by atoms with Crippen LogP contribution in [0, 0.1) is 35.0 Å². The number of carbonyl (C=O) groups excluding carboxylic acids is 1. The second-order valence-corrected chi connectivity index (χ2v) is 13.1. The molecule has 2 saturated heterocycles. The van der Waals surface area contributed by atoms with Gasteiger partial charge >= 0.3 is 0 Å². The number of hydrogen-bond acceptors (Lipinski definition) is 5. The number of aliphatic hydroxyl groups is 1. The summed E-state index contributed by atoms with van der Waals surface area (Å²) in [5.41, 5.74) is -0.497.